The van der Waals surface area contributed by atoms with Gasteiger partial charge in [0.25, 0.3) is 0 Å². The summed E-state index contributed by atoms with van der Waals surface area (Å²) < 4.78 is 0. The van der Waals surface area contributed by atoms with Crippen LogP contribution in [0.4, 0.5) is 0 Å². The fraction of sp³-hybridized carbons (Fsp3) is 0.938. The van der Waals surface area contributed by atoms with Crippen molar-refractivity contribution in [2.45, 2.75) is 53.0 Å². The Morgan fingerprint density at radius 1 is 1.35 bits per heavy atom. The lowest BCUT2D eigenvalue weighted by atomic mass is 9.93. The lowest BCUT2D eigenvalue weighted by Crippen LogP contribution is -2.50. The van der Waals surface area contributed by atoms with Crippen LogP contribution < -0.4 is 10.6 Å². The number of rotatable bonds is 8. The highest BCUT2D eigenvalue weighted by Gasteiger charge is 2.26. The number of hydrogen-bond acceptors (Lipinski definition) is 3. The van der Waals surface area contributed by atoms with Crippen LogP contribution in [0.2, 0.25) is 0 Å². The molecule has 1 aliphatic heterocycles. The Bertz CT molecular complexity index is 281. The summed E-state index contributed by atoms with van der Waals surface area (Å²) in [6.45, 7) is 13.4. The molecule has 2 unspecified atom stereocenters. The highest BCUT2D eigenvalue weighted by Crippen LogP contribution is 2.16. The van der Waals surface area contributed by atoms with Crippen LogP contribution in [0.3, 0.4) is 0 Å². The normalized spacial score (nSPS) is 24.1. The first-order chi connectivity index (χ1) is 9.52. The monoisotopic (exact) mass is 283 g/mol. The van der Waals surface area contributed by atoms with Crippen LogP contribution in [0.5, 0.6) is 0 Å². The van der Waals surface area contributed by atoms with Crippen molar-refractivity contribution in [1.82, 2.24) is 15.5 Å². The molecule has 0 saturated carbocycles. The van der Waals surface area contributed by atoms with Gasteiger partial charge in [-0.25, -0.2) is 0 Å². The molecule has 0 aromatic rings. The third-order valence-corrected chi connectivity index (χ3v) is 4.06. The van der Waals surface area contributed by atoms with Crippen LogP contribution in [0.1, 0.15) is 47.0 Å². The second-order valence-corrected chi connectivity index (χ2v) is 6.59. The fourth-order valence-corrected chi connectivity index (χ4v) is 2.77. The molecule has 0 spiro atoms. The summed E-state index contributed by atoms with van der Waals surface area (Å²) in [6.07, 6.45) is 3.40. The Labute approximate surface area is 124 Å². The van der Waals surface area contributed by atoms with Gasteiger partial charge in [-0.3, -0.25) is 9.69 Å². The van der Waals surface area contributed by atoms with E-state index >= 15 is 0 Å². The molecule has 1 rings (SSSR count). The van der Waals surface area contributed by atoms with E-state index in [1.807, 2.05) is 0 Å². The number of nitrogens with one attached hydrogen (secondary N) is 2. The van der Waals surface area contributed by atoms with E-state index in [9.17, 15) is 4.79 Å². The molecule has 4 nitrogen and oxygen atoms in total. The number of nitrogens with zero attached hydrogens (tertiary/aromatic N) is 1. The Kier molecular flexibility index (Phi) is 8.15. The van der Waals surface area contributed by atoms with Crippen LogP contribution in [0, 0.1) is 11.8 Å². The van der Waals surface area contributed by atoms with Crippen LogP contribution in [-0.2, 0) is 4.79 Å². The molecule has 4 heteroatoms. The summed E-state index contributed by atoms with van der Waals surface area (Å²) in [4.78, 5) is 14.2. The van der Waals surface area contributed by atoms with Gasteiger partial charge in [0.05, 0.1) is 6.54 Å². The van der Waals surface area contributed by atoms with Gasteiger partial charge in [-0.1, -0.05) is 27.7 Å². The predicted octanol–water partition coefficient (Wildman–Crippen LogP) is 1.86. The van der Waals surface area contributed by atoms with Gasteiger partial charge in [0.2, 0.25) is 5.91 Å². The van der Waals surface area contributed by atoms with Crippen molar-refractivity contribution < 1.29 is 4.79 Å². The zero-order valence-corrected chi connectivity index (χ0v) is 13.7. The molecule has 0 aromatic carbocycles. The smallest absolute Gasteiger partial charge is 0.234 e. The van der Waals surface area contributed by atoms with E-state index in [0.29, 0.717) is 24.4 Å². The van der Waals surface area contributed by atoms with Crippen molar-refractivity contribution in [2.24, 2.45) is 11.8 Å². The minimum atomic E-state index is 0.179. The first-order valence-corrected chi connectivity index (χ1v) is 8.25. The van der Waals surface area contributed by atoms with Gasteiger partial charge in [0.1, 0.15) is 0 Å². The second-order valence-electron chi connectivity index (χ2n) is 6.59. The van der Waals surface area contributed by atoms with Gasteiger partial charge in [0.15, 0.2) is 0 Å². The molecule has 1 saturated heterocycles. The van der Waals surface area contributed by atoms with Gasteiger partial charge in [-0.15, -0.1) is 0 Å². The van der Waals surface area contributed by atoms with Crippen molar-refractivity contribution in [3.05, 3.63) is 0 Å². The molecule has 20 heavy (non-hydrogen) atoms. The number of likely N-dealkylation sites (tertiary alicyclic amines) is 1. The number of carbonyl (C=O) groups excluding carboxylic acids is 1. The van der Waals surface area contributed by atoms with Crippen molar-refractivity contribution in [3.8, 4) is 0 Å². The maximum absolute atomic E-state index is 11.9. The standard InChI is InChI=1S/C16H33N3O/c1-5-8-17-15-7-10-19(11-14(15)4)12-16(20)18-9-6-13(2)3/h13-15,17H,5-12H2,1-4H3,(H,18,20). The Morgan fingerprint density at radius 2 is 2.10 bits per heavy atom. The highest BCUT2D eigenvalue weighted by atomic mass is 16.2. The van der Waals surface area contributed by atoms with Gasteiger partial charge in [-0.05, 0) is 37.6 Å². The lowest BCUT2D eigenvalue weighted by molar-refractivity contribution is -0.122. The second kappa shape index (κ2) is 9.35. The van der Waals surface area contributed by atoms with E-state index in [1.54, 1.807) is 0 Å². The summed E-state index contributed by atoms with van der Waals surface area (Å²) in [7, 11) is 0. The molecule has 118 valence electrons. The maximum Gasteiger partial charge on any atom is 0.234 e. The van der Waals surface area contributed by atoms with Crippen LogP contribution in [0.25, 0.3) is 0 Å². The minimum absolute atomic E-state index is 0.179. The van der Waals surface area contributed by atoms with E-state index in [4.69, 9.17) is 0 Å². The molecule has 1 fully saturated rings. The van der Waals surface area contributed by atoms with E-state index in [0.717, 1.165) is 39.0 Å². The number of carbonyl (C=O) groups is 1. The van der Waals surface area contributed by atoms with Crippen molar-refractivity contribution >= 4 is 5.91 Å². The molecule has 0 aromatic heterocycles. The van der Waals surface area contributed by atoms with Crippen LogP contribution in [-0.4, -0.2) is 49.6 Å². The molecule has 2 atom stereocenters. The van der Waals surface area contributed by atoms with E-state index in [1.165, 1.54) is 6.42 Å². The zero-order valence-electron chi connectivity index (χ0n) is 13.7. The number of piperidine rings is 1. The molecule has 0 aliphatic carbocycles. The fourth-order valence-electron chi connectivity index (χ4n) is 2.77. The summed E-state index contributed by atoms with van der Waals surface area (Å²) >= 11 is 0. The van der Waals surface area contributed by atoms with E-state index in [2.05, 4.69) is 43.2 Å². The largest absolute Gasteiger partial charge is 0.355 e. The lowest BCUT2D eigenvalue weighted by Gasteiger charge is -2.37. The predicted molar refractivity (Wildman–Crippen MR) is 84.8 cm³/mol. The average Bonchev–Trinajstić information content (AvgIpc) is 2.37. The number of hydrogen-bond donors (Lipinski definition) is 2. The SMILES string of the molecule is CCCNC1CCN(CC(=O)NCCC(C)C)CC1C. The molecular formula is C16H33N3O. The molecule has 0 bridgehead atoms. The Balaban J connectivity index is 2.21. The Hall–Kier alpha value is -0.610. The average molecular weight is 283 g/mol. The summed E-state index contributed by atoms with van der Waals surface area (Å²) in [5, 5.41) is 6.64. The molecule has 1 heterocycles. The summed E-state index contributed by atoms with van der Waals surface area (Å²) in [5.41, 5.74) is 0. The molecule has 0 radical (unpaired) electrons. The van der Waals surface area contributed by atoms with E-state index in [-0.39, 0.29) is 5.91 Å². The van der Waals surface area contributed by atoms with Gasteiger partial charge in [-0.2, -0.15) is 0 Å². The molecular weight excluding hydrogens is 250 g/mol. The Morgan fingerprint density at radius 3 is 2.70 bits per heavy atom. The van der Waals surface area contributed by atoms with Crippen LogP contribution in [0.15, 0.2) is 0 Å². The van der Waals surface area contributed by atoms with Crippen molar-refractivity contribution in [1.29, 1.82) is 0 Å². The van der Waals surface area contributed by atoms with Gasteiger partial charge >= 0.3 is 0 Å². The third-order valence-electron chi connectivity index (χ3n) is 4.06. The number of amides is 1. The van der Waals surface area contributed by atoms with Gasteiger partial charge in [0, 0.05) is 25.7 Å². The first kappa shape index (κ1) is 17.4. The molecule has 1 amide bonds. The van der Waals surface area contributed by atoms with Crippen molar-refractivity contribution in [3.63, 3.8) is 0 Å². The highest BCUT2D eigenvalue weighted by molar-refractivity contribution is 5.77. The zero-order chi connectivity index (χ0) is 15.0. The third kappa shape index (κ3) is 6.71. The minimum Gasteiger partial charge on any atom is -0.355 e. The van der Waals surface area contributed by atoms with Crippen molar-refractivity contribution in [2.75, 3.05) is 32.7 Å². The van der Waals surface area contributed by atoms with Gasteiger partial charge < -0.3 is 10.6 Å². The maximum atomic E-state index is 11.9. The molecule has 1 aliphatic rings. The topological polar surface area (TPSA) is 44.4 Å². The summed E-state index contributed by atoms with van der Waals surface area (Å²) in [5.74, 6) is 1.45. The van der Waals surface area contributed by atoms with E-state index < -0.39 is 0 Å². The van der Waals surface area contributed by atoms with Crippen LogP contribution >= 0.6 is 0 Å². The summed E-state index contributed by atoms with van der Waals surface area (Å²) in [6, 6.07) is 0.621. The quantitative estimate of drug-likeness (QED) is 0.714. The first-order valence-electron chi connectivity index (χ1n) is 8.25. The molecule has 2 N–H and O–H groups in total.